The number of quaternary nitrogens is 1. The van der Waals surface area contributed by atoms with Crippen LogP contribution in [0.5, 0.6) is 0 Å². The van der Waals surface area contributed by atoms with Crippen molar-refractivity contribution >= 4 is 17.9 Å². The number of unbranched alkanes of at least 4 members (excludes halogenated alkanes) is 18. The van der Waals surface area contributed by atoms with Crippen LogP contribution in [0.4, 0.5) is 0 Å². The third-order valence-corrected chi connectivity index (χ3v) is 8.78. The number of carboxylic acids is 3. The van der Waals surface area contributed by atoms with Crippen LogP contribution in [0.1, 0.15) is 156 Å². The number of nitrogens with zero attached hydrogens (tertiary/aromatic N) is 1. The van der Waals surface area contributed by atoms with Gasteiger partial charge in [0.15, 0.2) is 12.1 Å². The van der Waals surface area contributed by atoms with Gasteiger partial charge in [0.1, 0.15) is 6.04 Å². The van der Waals surface area contributed by atoms with Crippen molar-refractivity contribution in [3.63, 3.8) is 0 Å². The molecule has 0 saturated heterocycles. The van der Waals surface area contributed by atoms with Crippen LogP contribution < -0.4 is 5.11 Å². The molecule has 0 aromatic heterocycles. The molecule has 7 heteroatoms. The number of allylic oxidation sites excluding steroid dienone is 2. The Labute approximate surface area is 245 Å². The molecule has 0 aliphatic heterocycles. The van der Waals surface area contributed by atoms with E-state index in [1.165, 1.54) is 104 Å². The van der Waals surface area contributed by atoms with Crippen LogP contribution in [0.3, 0.4) is 0 Å². The molecule has 7 nitrogen and oxygen atoms in total. The SMILES string of the molecule is CCCCCCCCCCCCCC/C=C/CCCCCCCC[N+](C(C)C(=O)[O-])(C(C)C(=O)O)C(C)C(=O)O. The van der Waals surface area contributed by atoms with Gasteiger partial charge in [-0.2, -0.15) is 0 Å². The molecule has 3 unspecified atom stereocenters. The third kappa shape index (κ3) is 15.8. The molecule has 0 rings (SSSR count). The van der Waals surface area contributed by atoms with Crippen LogP contribution in [-0.2, 0) is 14.4 Å². The van der Waals surface area contributed by atoms with Crippen LogP contribution >= 0.6 is 0 Å². The fraction of sp³-hybridized carbons (Fsp3) is 0.848. The van der Waals surface area contributed by atoms with E-state index >= 15 is 0 Å². The zero-order chi connectivity index (χ0) is 30.2. The lowest BCUT2D eigenvalue weighted by atomic mass is 10.00. The normalized spacial score (nSPS) is 15.5. The molecule has 0 radical (unpaired) electrons. The second-order valence-corrected chi connectivity index (χ2v) is 11.8. The van der Waals surface area contributed by atoms with Crippen molar-refractivity contribution in [3.05, 3.63) is 12.2 Å². The summed E-state index contributed by atoms with van der Waals surface area (Å²) in [6, 6.07) is -3.57. The van der Waals surface area contributed by atoms with Crippen LogP contribution in [0.25, 0.3) is 0 Å². The van der Waals surface area contributed by atoms with Gasteiger partial charge in [0.25, 0.3) is 0 Å². The largest absolute Gasteiger partial charge is 0.544 e. The zero-order valence-electron chi connectivity index (χ0n) is 26.2. The molecule has 0 bridgehead atoms. The Hall–Kier alpha value is -1.89. The molecule has 0 aliphatic carbocycles. The van der Waals surface area contributed by atoms with Gasteiger partial charge in [-0.1, -0.05) is 109 Å². The van der Waals surface area contributed by atoms with Gasteiger partial charge >= 0.3 is 11.9 Å². The summed E-state index contributed by atoms with van der Waals surface area (Å²) >= 11 is 0. The maximum atomic E-state index is 11.8. The van der Waals surface area contributed by atoms with Gasteiger partial charge in [0.05, 0.1) is 12.5 Å². The first-order valence-electron chi connectivity index (χ1n) is 16.3. The minimum Gasteiger partial charge on any atom is -0.544 e. The van der Waals surface area contributed by atoms with Gasteiger partial charge in [-0.3, -0.25) is 4.48 Å². The van der Waals surface area contributed by atoms with Crippen molar-refractivity contribution in [2.24, 2.45) is 0 Å². The van der Waals surface area contributed by atoms with Gasteiger partial charge in [0.2, 0.25) is 0 Å². The van der Waals surface area contributed by atoms with Gasteiger partial charge in [-0.25, -0.2) is 9.59 Å². The van der Waals surface area contributed by atoms with Crippen LogP contribution in [0, 0.1) is 0 Å². The van der Waals surface area contributed by atoms with E-state index in [1.807, 2.05) is 0 Å². The highest BCUT2D eigenvalue weighted by atomic mass is 16.4. The summed E-state index contributed by atoms with van der Waals surface area (Å²) < 4.78 is -0.545. The van der Waals surface area contributed by atoms with Gasteiger partial charge in [-0.05, 0) is 59.3 Å². The van der Waals surface area contributed by atoms with E-state index in [0.29, 0.717) is 6.42 Å². The smallest absolute Gasteiger partial charge is 0.362 e. The van der Waals surface area contributed by atoms with E-state index in [-0.39, 0.29) is 6.54 Å². The van der Waals surface area contributed by atoms with E-state index in [9.17, 15) is 29.7 Å². The van der Waals surface area contributed by atoms with Crippen molar-refractivity contribution < 1.29 is 34.2 Å². The number of hydrogen-bond donors (Lipinski definition) is 2. The van der Waals surface area contributed by atoms with Crippen LogP contribution in [0.2, 0.25) is 0 Å². The number of hydrogen-bond acceptors (Lipinski definition) is 4. The molecule has 0 amide bonds. The molecule has 0 fully saturated rings. The number of carboxylic acid groups (broad SMARTS) is 3. The fourth-order valence-electron chi connectivity index (χ4n) is 5.89. The first kappa shape index (κ1) is 38.1. The summed E-state index contributed by atoms with van der Waals surface area (Å²) in [6.45, 7) is 6.60. The number of rotatable bonds is 28. The molecule has 0 aliphatic rings. The van der Waals surface area contributed by atoms with Crippen molar-refractivity contribution in [2.75, 3.05) is 6.54 Å². The molecule has 0 heterocycles. The first-order chi connectivity index (χ1) is 19.1. The highest BCUT2D eigenvalue weighted by Crippen LogP contribution is 2.27. The predicted octanol–water partition coefficient (Wildman–Crippen LogP) is 7.27. The Morgan fingerprint density at radius 3 is 1.23 bits per heavy atom. The van der Waals surface area contributed by atoms with Crippen molar-refractivity contribution in [3.8, 4) is 0 Å². The summed E-state index contributed by atoms with van der Waals surface area (Å²) in [5, 5.41) is 31.0. The maximum absolute atomic E-state index is 11.8. The minimum absolute atomic E-state index is 0.179. The summed E-state index contributed by atoms with van der Waals surface area (Å²) in [4.78, 5) is 35.3. The average Bonchev–Trinajstić information content (AvgIpc) is 2.92. The number of carbonyl (C=O) groups is 3. The van der Waals surface area contributed by atoms with Gasteiger partial charge in [0, 0.05) is 0 Å². The summed E-state index contributed by atoms with van der Waals surface area (Å²) in [7, 11) is 0. The van der Waals surface area contributed by atoms with E-state index in [4.69, 9.17) is 0 Å². The predicted molar refractivity (Wildman–Crippen MR) is 161 cm³/mol. The van der Waals surface area contributed by atoms with Crippen molar-refractivity contribution in [1.29, 1.82) is 0 Å². The molecule has 0 aromatic carbocycles. The van der Waals surface area contributed by atoms with Crippen LogP contribution in [-0.4, -0.2) is 57.3 Å². The molecular formula is C33H61NO6. The molecule has 0 spiro atoms. The lowest BCUT2D eigenvalue weighted by Gasteiger charge is -2.49. The zero-order valence-corrected chi connectivity index (χ0v) is 26.2. The first-order valence-corrected chi connectivity index (χ1v) is 16.3. The Kier molecular flexibility index (Phi) is 22.7. The highest BCUT2D eigenvalue weighted by molar-refractivity contribution is 5.76. The third-order valence-electron chi connectivity index (χ3n) is 8.78. The van der Waals surface area contributed by atoms with Crippen LogP contribution in [0.15, 0.2) is 12.2 Å². The Morgan fingerprint density at radius 2 is 0.900 bits per heavy atom. The van der Waals surface area contributed by atoms with Gasteiger partial charge < -0.3 is 20.1 Å². The second-order valence-electron chi connectivity index (χ2n) is 11.8. The molecule has 3 atom stereocenters. The molecule has 0 saturated carbocycles. The quantitative estimate of drug-likeness (QED) is 0.0584. The fourth-order valence-corrected chi connectivity index (χ4v) is 5.89. The minimum atomic E-state index is -1.42. The molecule has 40 heavy (non-hydrogen) atoms. The summed E-state index contributed by atoms with van der Waals surface area (Å²) in [6.07, 6.45) is 29.1. The number of carbonyl (C=O) groups excluding carboxylic acids is 1. The monoisotopic (exact) mass is 567 g/mol. The lowest BCUT2D eigenvalue weighted by Crippen LogP contribution is -2.72. The molecule has 234 valence electrons. The van der Waals surface area contributed by atoms with Gasteiger partial charge in [-0.15, -0.1) is 0 Å². The lowest BCUT2D eigenvalue weighted by molar-refractivity contribution is -0.969. The van der Waals surface area contributed by atoms with E-state index in [1.54, 1.807) is 0 Å². The van der Waals surface area contributed by atoms with E-state index in [0.717, 1.165) is 38.5 Å². The number of aliphatic carboxylic acids is 3. The highest BCUT2D eigenvalue weighted by Gasteiger charge is 2.50. The summed E-state index contributed by atoms with van der Waals surface area (Å²) in [5.41, 5.74) is 0. The molecular weight excluding hydrogens is 506 g/mol. The molecule has 0 aromatic rings. The van der Waals surface area contributed by atoms with E-state index in [2.05, 4.69) is 19.1 Å². The maximum Gasteiger partial charge on any atom is 0.362 e. The average molecular weight is 568 g/mol. The van der Waals surface area contributed by atoms with E-state index < -0.39 is 40.5 Å². The Balaban J connectivity index is 4.02. The summed E-state index contributed by atoms with van der Waals surface area (Å²) in [5.74, 6) is -3.82. The standard InChI is InChI=1S/C33H61NO6/c1-5-6-7-8-9-10-11-12-13-14-15-16-17-18-19-20-21-22-23-24-25-26-27-34(28(2)31(35)36,29(3)32(37)38)30(4)33(39)40/h18-19,28-30H,5-17,20-27H2,1-4H3,(H2-,35,36,37,38,39,40)/b19-18+. The Bertz CT molecular complexity index is 657. The Morgan fingerprint density at radius 1 is 0.575 bits per heavy atom. The molecule has 2 N–H and O–H groups in total. The van der Waals surface area contributed by atoms with Crippen molar-refractivity contribution in [1.82, 2.24) is 0 Å². The topological polar surface area (TPSA) is 115 Å². The van der Waals surface area contributed by atoms with Crippen molar-refractivity contribution in [2.45, 2.75) is 174 Å². The second kappa shape index (κ2) is 23.8.